The fourth-order valence-electron chi connectivity index (χ4n) is 2.56. The minimum atomic E-state index is 0.130. The Morgan fingerprint density at radius 3 is 2.85 bits per heavy atom. The van der Waals surface area contributed by atoms with Gasteiger partial charge in [-0.1, -0.05) is 13.8 Å². The van der Waals surface area contributed by atoms with Crippen LogP contribution in [0.3, 0.4) is 0 Å². The van der Waals surface area contributed by atoms with Crippen LogP contribution in [0.15, 0.2) is 18.2 Å². The standard InChI is InChI=1S/C17H25NO2/c1-12(2)11-20-15-6-7-16(13(3)9-15)17(19)14-5-4-8-18-10-14/h6-7,9,12,14,18H,4-5,8,10-11H2,1-3H3. The van der Waals surface area contributed by atoms with Crippen LogP contribution in [0.2, 0.25) is 0 Å². The maximum atomic E-state index is 12.5. The van der Waals surface area contributed by atoms with Crippen LogP contribution >= 0.6 is 0 Å². The number of ketones is 1. The number of piperidine rings is 1. The number of carbonyl (C=O) groups is 1. The summed E-state index contributed by atoms with van der Waals surface area (Å²) in [5.74, 6) is 1.76. The van der Waals surface area contributed by atoms with E-state index in [-0.39, 0.29) is 11.7 Å². The first-order valence-corrected chi connectivity index (χ1v) is 7.56. The van der Waals surface area contributed by atoms with Crippen molar-refractivity contribution in [3.8, 4) is 5.75 Å². The van der Waals surface area contributed by atoms with E-state index in [0.717, 1.165) is 42.8 Å². The largest absolute Gasteiger partial charge is 0.493 e. The Morgan fingerprint density at radius 2 is 2.25 bits per heavy atom. The van der Waals surface area contributed by atoms with Gasteiger partial charge in [0.15, 0.2) is 5.78 Å². The molecule has 0 aliphatic carbocycles. The van der Waals surface area contributed by atoms with Crippen molar-refractivity contribution in [2.45, 2.75) is 33.6 Å². The maximum absolute atomic E-state index is 12.5. The van der Waals surface area contributed by atoms with Crippen molar-refractivity contribution in [2.75, 3.05) is 19.7 Å². The predicted octanol–water partition coefficient (Wildman–Crippen LogP) is 3.21. The van der Waals surface area contributed by atoms with E-state index in [1.54, 1.807) is 0 Å². The Balaban J connectivity index is 2.06. The van der Waals surface area contributed by atoms with Crippen molar-refractivity contribution < 1.29 is 9.53 Å². The summed E-state index contributed by atoms with van der Waals surface area (Å²) >= 11 is 0. The second-order valence-corrected chi connectivity index (χ2v) is 6.09. The van der Waals surface area contributed by atoms with Gasteiger partial charge in [0, 0.05) is 18.0 Å². The highest BCUT2D eigenvalue weighted by Gasteiger charge is 2.23. The van der Waals surface area contributed by atoms with E-state index in [0.29, 0.717) is 12.5 Å². The van der Waals surface area contributed by atoms with Crippen molar-refractivity contribution in [3.63, 3.8) is 0 Å². The predicted molar refractivity (Wildman–Crippen MR) is 81.4 cm³/mol. The van der Waals surface area contributed by atoms with E-state index in [2.05, 4.69) is 19.2 Å². The van der Waals surface area contributed by atoms with Gasteiger partial charge < -0.3 is 10.1 Å². The van der Waals surface area contributed by atoms with E-state index in [4.69, 9.17) is 4.74 Å². The molecule has 1 aliphatic heterocycles. The zero-order valence-electron chi connectivity index (χ0n) is 12.7. The van der Waals surface area contributed by atoms with Gasteiger partial charge in [0.1, 0.15) is 5.75 Å². The topological polar surface area (TPSA) is 38.3 Å². The Kier molecular flexibility index (Phi) is 5.18. The minimum absolute atomic E-state index is 0.130. The normalized spacial score (nSPS) is 19.1. The lowest BCUT2D eigenvalue weighted by atomic mass is 9.89. The molecule has 1 aromatic carbocycles. The summed E-state index contributed by atoms with van der Waals surface area (Å²) < 4.78 is 5.70. The van der Waals surface area contributed by atoms with Gasteiger partial charge in [-0.3, -0.25) is 4.79 Å². The Hall–Kier alpha value is -1.35. The number of hydrogen-bond acceptors (Lipinski definition) is 3. The molecule has 3 nitrogen and oxygen atoms in total. The zero-order chi connectivity index (χ0) is 14.5. The van der Waals surface area contributed by atoms with Gasteiger partial charge in [-0.25, -0.2) is 0 Å². The molecule has 0 spiro atoms. The lowest BCUT2D eigenvalue weighted by molar-refractivity contribution is 0.0899. The van der Waals surface area contributed by atoms with Gasteiger partial charge >= 0.3 is 0 Å². The van der Waals surface area contributed by atoms with Crippen LogP contribution in [0.25, 0.3) is 0 Å². The van der Waals surface area contributed by atoms with Crippen LogP contribution in [-0.4, -0.2) is 25.5 Å². The van der Waals surface area contributed by atoms with Crippen LogP contribution in [0.5, 0.6) is 5.75 Å². The van der Waals surface area contributed by atoms with E-state index < -0.39 is 0 Å². The molecule has 1 N–H and O–H groups in total. The van der Waals surface area contributed by atoms with Gasteiger partial charge in [-0.15, -0.1) is 0 Å². The average Bonchev–Trinajstić information content (AvgIpc) is 2.45. The fourth-order valence-corrected chi connectivity index (χ4v) is 2.56. The van der Waals surface area contributed by atoms with Gasteiger partial charge in [-0.05, 0) is 56.0 Å². The third kappa shape index (κ3) is 3.83. The number of hydrogen-bond donors (Lipinski definition) is 1. The first kappa shape index (κ1) is 15.0. The van der Waals surface area contributed by atoms with Crippen molar-refractivity contribution in [3.05, 3.63) is 29.3 Å². The Morgan fingerprint density at radius 1 is 1.45 bits per heavy atom. The summed E-state index contributed by atoms with van der Waals surface area (Å²) in [5, 5.41) is 3.30. The molecule has 3 heteroatoms. The molecule has 110 valence electrons. The van der Waals surface area contributed by atoms with E-state index in [1.807, 2.05) is 25.1 Å². The summed E-state index contributed by atoms with van der Waals surface area (Å²) in [6.45, 7) is 8.79. The van der Waals surface area contributed by atoms with Crippen LogP contribution < -0.4 is 10.1 Å². The fraction of sp³-hybridized carbons (Fsp3) is 0.588. The van der Waals surface area contributed by atoms with Crippen molar-refractivity contribution in [2.24, 2.45) is 11.8 Å². The third-order valence-corrected chi connectivity index (χ3v) is 3.71. The number of benzene rings is 1. The molecule has 1 aromatic rings. The van der Waals surface area contributed by atoms with Crippen molar-refractivity contribution in [1.29, 1.82) is 0 Å². The van der Waals surface area contributed by atoms with E-state index >= 15 is 0 Å². The lowest BCUT2D eigenvalue weighted by Gasteiger charge is -2.22. The average molecular weight is 275 g/mol. The third-order valence-electron chi connectivity index (χ3n) is 3.71. The Labute approximate surface area is 121 Å². The molecular weight excluding hydrogens is 250 g/mol. The number of rotatable bonds is 5. The molecule has 0 radical (unpaired) electrons. The Bertz CT molecular complexity index is 462. The molecule has 0 bridgehead atoms. The number of nitrogens with one attached hydrogen (secondary N) is 1. The van der Waals surface area contributed by atoms with E-state index in [1.165, 1.54) is 0 Å². The van der Waals surface area contributed by atoms with Gasteiger partial charge in [0.25, 0.3) is 0 Å². The SMILES string of the molecule is Cc1cc(OCC(C)C)ccc1C(=O)C1CCCNC1. The van der Waals surface area contributed by atoms with Gasteiger partial charge in [0.05, 0.1) is 6.61 Å². The molecule has 1 atom stereocenters. The molecule has 1 fully saturated rings. The molecular formula is C17H25NO2. The number of Topliss-reactive ketones (excluding diaryl/α,β-unsaturated/α-hetero) is 1. The number of aryl methyl sites for hydroxylation is 1. The molecule has 1 aliphatic rings. The first-order chi connectivity index (χ1) is 9.58. The minimum Gasteiger partial charge on any atom is -0.493 e. The van der Waals surface area contributed by atoms with Crippen LogP contribution in [0.4, 0.5) is 0 Å². The van der Waals surface area contributed by atoms with E-state index in [9.17, 15) is 4.79 Å². The number of ether oxygens (including phenoxy) is 1. The summed E-state index contributed by atoms with van der Waals surface area (Å²) in [6.07, 6.45) is 2.09. The molecule has 20 heavy (non-hydrogen) atoms. The lowest BCUT2D eigenvalue weighted by Crippen LogP contribution is -2.34. The van der Waals surface area contributed by atoms with Crippen LogP contribution in [-0.2, 0) is 0 Å². The summed E-state index contributed by atoms with van der Waals surface area (Å²) in [5.41, 5.74) is 1.86. The summed E-state index contributed by atoms with van der Waals surface area (Å²) in [7, 11) is 0. The molecule has 0 aromatic heterocycles. The summed E-state index contributed by atoms with van der Waals surface area (Å²) in [4.78, 5) is 12.5. The highest BCUT2D eigenvalue weighted by Crippen LogP contribution is 2.23. The molecule has 1 heterocycles. The second kappa shape index (κ2) is 6.89. The second-order valence-electron chi connectivity index (χ2n) is 6.09. The maximum Gasteiger partial charge on any atom is 0.167 e. The highest BCUT2D eigenvalue weighted by molar-refractivity contribution is 5.99. The molecule has 2 rings (SSSR count). The zero-order valence-corrected chi connectivity index (χ0v) is 12.7. The van der Waals surface area contributed by atoms with Crippen molar-refractivity contribution >= 4 is 5.78 Å². The highest BCUT2D eigenvalue weighted by atomic mass is 16.5. The summed E-state index contributed by atoms with van der Waals surface area (Å²) in [6, 6.07) is 5.81. The quantitative estimate of drug-likeness (QED) is 0.839. The van der Waals surface area contributed by atoms with Gasteiger partial charge in [-0.2, -0.15) is 0 Å². The monoisotopic (exact) mass is 275 g/mol. The number of carbonyl (C=O) groups excluding carboxylic acids is 1. The van der Waals surface area contributed by atoms with Gasteiger partial charge in [0.2, 0.25) is 0 Å². The van der Waals surface area contributed by atoms with Crippen molar-refractivity contribution in [1.82, 2.24) is 5.32 Å². The smallest absolute Gasteiger partial charge is 0.167 e. The molecule has 1 saturated heterocycles. The molecule has 0 amide bonds. The molecule has 1 unspecified atom stereocenters. The molecule has 0 saturated carbocycles. The first-order valence-electron chi connectivity index (χ1n) is 7.56. The van der Waals surface area contributed by atoms with Crippen LogP contribution in [0, 0.1) is 18.8 Å². The van der Waals surface area contributed by atoms with Crippen LogP contribution in [0.1, 0.15) is 42.6 Å².